The fraction of sp³-hybridized carbons (Fsp3) is 0.250. The minimum Gasteiger partial charge on any atom is -0.424 e. The van der Waals surface area contributed by atoms with Crippen LogP contribution in [0.15, 0.2) is 36.8 Å². The third-order valence-corrected chi connectivity index (χ3v) is 3.74. The highest BCUT2D eigenvalue weighted by molar-refractivity contribution is 5.84. The highest BCUT2D eigenvalue weighted by Gasteiger charge is 2.34. The number of benzene rings is 1. The van der Waals surface area contributed by atoms with Gasteiger partial charge in [-0.25, -0.2) is 19.9 Å². The van der Waals surface area contributed by atoms with Crippen molar-refractivity contribution >= 4 is 10.9 Å². The summed E-state index contributed by atoms with van der Waals surface area (Å²) in [5.74, 6) is -0.344. The summed E-state index contributed by atoms with van der Waals surface area (Å²) < 4.78 is 43.7. The van der Waals surface area contributed by atoms with E-state index in [0.717, 1.165) is 24.6 Å². The number of hydrogen-bond acceptors (Lipinski definition) is 5. The van der Waals surface area contributed by atoms with Crippen molar-refractivity contribution in [1.82, 2.24) is 19.9 Å². The lowest BCUT2D eigenvalue weighted by Gasteiger charge is -2.09. The number of halogens is 3. The summed E-state index contributed by atoms with van der Waals surface area (Å²) in [6.45, 7) is 0. The van der Waals surface area contributed by atoms with Crippen LogP contribution in [-0.2, 0) is 6.18 Å². The van der Waals surface area contributed by atoms with E-state index in [1.54, 1.807) is 24.5 Å². The van der Waals surface area contributed by atoms with E-state index in [4.69, 9.17) is 4.74 Å². The molecule has 0 aliphatic heterocycles. The Morgan fingerprint density at radius 2 is 1.75 bits per heavy atom. The van der Waals surface area contributed by atoms with E-state index in [2.05, 4.69) is 19.9 Å². The summed E-state index contributed by atoms with van der Waals surface area (Å²) in [5, 5.41) is 0.361. The molecular weight excluding hydrogens is 321 g/mol. The molecule has 1 aromatic carbocycles. The fourth-order valence-corrected chi connectivity index (χ4v) is 2.36. The van der Waals surface area contributed by atoms with E-state index in [1.165, 1.54) is 6.07 Å². The Labute approximate surface area is 134 Å². The molecule has 0 N–H and O–H groups in total. The largest absolute Gasteiger partial charge is 0.451 e. The highest BCUT2D eigenvalue weighted by atomic mass is 19.4. The summed E-state index contributed by atoms with van der Waals surface area (Å²) in [6.07, 6.45) is 2.22. The molecule has 1 fully saturated rings. The molecule has 5 nitrogen and oxygen atoms in total. The number of hydrogen-bond donors (Lipinski definition) is 0. The van der Waals surface area contributed by atoms with Gasteiger partial charge in [-0.15, -0.1) is 0 Å². The second kappa shape index (κ2) is 5.40. The first-order valence-electron chi connectivity index (χ1n) is 7.33. The molecule has 4 rings (SSSR count). The Kier molecular flexibility index (Phi) is 3.33. The molecule has 8 heteroatoms. The quantitative estimate of drug-likeness (QED) is 0.722. The molecule has 1 aliphatic carbocycles. The predicted octanol–water partition coefficient (Wildman–Crippen LogP) is 4.11. The molecule has 1 aliphatic rings. The van der Waals surface area contributed by atoms with Crippen LogP contribution in [-0.4, -0.2) is 19.9 Å². The number of alkyl halides is 3. The zero-order chi connectivity index (χ0) is 16.7. The van der Waals surface area contributed by atoms with Crippen molar-refractivity contribution in [3.05, 3.63) is 48.2 Å². The van der Waals surface area contributed by atoms with Gasteiger partial charge in [-0.1, -0.05) is 6.07 Å². The van der Waals surface area contributed by atoms with Crippen molar-refractivity contribution in [3.63, 3.8) is 0 Å². The Hall–Kier alpha value is -2.77. The summed E-state index contributed by atoms with van der Waals surface area (Å²) >= 11 is 0. The van der Waals surface area contributed by atoms with E-state index < -0.39 is 12.0 Å². The number of aromatic nitrogens is 4. The maximum absolute atomic E-state index is 12.7. The van der Waals surface area contributed by atoms with Crippen molar-refractivity contribution in [3.8, 4) is 11.8 Å². The van der Waals surface area contributed by atoms with Crippen molar-refractivity contribution in [2.24, 2.45) is 0 Å². The third kappa shape index (κ3) is 2.86. The van der Waals surface area contributed by atoms with Gasteiger partial charge in [0.1, 0.15) is 5.75 Å². The van der Waals surface area contributed by atoms with Crippen molar-refractivity contribution in [1.29, 1.82) is 0 Å². The van der Waals surface area contributed by atoms with E-state index in [-0.39, 0.29) is 11.5 Å². The molecule has 2 heterocycles. The van der Waals surface area contributed by atoms with Crippen molar-refractivity contribution in [2.75, 3.05) is 0 Å². The van der Waals surface area contributed by atoms with E-state index in [1.807, 2.05) is 0 Å². The smallest absolute Gasteiger partial charge is 0.424 e. The summed E-state index contributed by atoms with van der Waals surface area (Å²) in [7, 11) is 0. The Morgan fingerprint density at radius 1 is 1.00 bits per heavy atom. The van der Waals surface area contributed by atoms with E-state index in [0.29, 0.717) is 17.1 Å². The second-order valence-corrected chi connectivity index (χ2v) is 5.56. The first kappa shape index (κ1) is 14.8. The average molecular weight is 332 g/mol. The van der Waals surface area contributed by atoms with Gasteiger partial charge in [-0.05, 0) is 36.5 Å². The van der Waals surface area contributed by atoms with Crippen LogP contribution >= 0.6 is 0 Å². The molecular formula is C16H11F3N4O. The van der Waals surface area contributed by atoms with Gasteiger partial charge in [-0.2, -0.15) is 13.2 Å². The van der Waals surface area contributed by atoms with Gasteiger partial charge in [0.25, 0.3) is 0 Å². The van der Waals surface area contributed by atoms with Gasteiger partial charge < -0.3 is 4.74 Å². The average Bonchev–Trinajstić information content (AvgIpc) is 3.39. The number of ether oxygens (including phenoxy) is 1. The van der Waals surface area contributed by atoms with E-state index in [9.17, 15) is 13.2 Å². The van der Waals surface area contributed by atoms with Gasteiger partial charge in [0.15, 0.2) is 0 Å². The summed E-state index contributed by atoms with van der Waals surface area (Å²) in [5.41, 5.74) is 1.21. The predicted molar refractivity (Wildman–Crippen MR) is 78.6 cm³/mol. The lowest BCUT2D eigenvalue weighted by molar-refractivity contribution is -0.144. The molecule has 24 heavy (non-hydrogen) atoms. The molecule has 122 valence electrons. The van der Waals surface area contributed by atoms with Crippen molar-refractivity contribution < 1.29 is 17.9 Å². The summed E-state index contributed by atoms with van der Waals surface area (Å²) in [4.78, 5) is 15.2. The van der Waals surface area contributed by atoms with Crippen LogP contribution < -0.4 is 4.74 Å². The number of rotatable bonds is 3. The van der Waals surface area contributed by atoms with Gasteiger partial charge in [0, 0.05) is 18.6 Å². The van der Waals surface area contributed by atoms with Crippen LogP contribution in [0, 0.1) is 0 Å². The molecule has 0 atom stereocenters. The molecule has 0 radical (unpaired) electrons. The molecule has 0 saturated heterocycles. The first-order chi connectivity index (χ1) is 11.5. The molecule has 0 bridgehead atoms. The van der Waals surface area contributed by atoms with Crippen LogP contribution in [0.2, 0.25) is 0 Å². The maximum atomic E-state index is 12.7. The molecule has 0 amide bonds. The lowest BCUT2D eigenvalue weighted by Crippen LogP contribution is -2.10. The number of fused-ring (bicyclic) bond motifs is 1. The molecule has 1 saturated carbocycles. The minimum atomic E-state index is -4.59. The van der Waals surface area contributed by atoms with Crippen molar-refractivity contribution in [2.45, 2.75) is 24.9 Å². The Morgan fingerprint density at radius 3 is 2.42 bits per heavy atom. The minimum absolute atomic E-state index is 0.131. The lowest BCUT2D eigenvalue weighted by atomic mass is 10.2. The van der Waals surface area contributed by atoms with Crippen LogP contribution in [0.4, 0.5) is 13.2 Å². The Bertz CT molecular complexity index is 892. The molecule has 0 spiro atoms. The standard InChI is InChI=1S/C16H11F3N4O/c17-16(18,19)14-20-8-11-12(23-14)2-1-3-13(11)24-15-21-6-10(7-22-15)9-4-5-9/h1-3,6-9H,4-5H2. The third-order valence-electron chi connectivity index (χ3n) is 3.74. The molecule has 3 aromatic rings. The zero-order valence-electron chi connectivity index (χ0n) is 12.3. The van der Waals surface area contributed by atoms with Gasteiger partial charge in [0.05, 0.1) is 10.9 Å². The van der Waals surface area contributed by atoms with Crippen LogP contribution in [0.5, 0.6) is 11.8 Å². The summed E-state index contributed by atoms with van der Waals surface area (Å²) in [6, 6.07) is 4.77. The van der Waals surface area contributed by atoms with Gasteiger partial charge in [-0.3, -0.25) is 0 Å². The van der Waals surface area contributed by atoms with Gasteiger partial charge >= 0.3 is 12.2 Å². The number of nitrogens with zero attached hydrogens (tertiary/aromatic N) is 4. The first-order valence-corrected chi connectivity index (χ1v) is 7.33. The van der Waals surface area contributed by atoms with E-state index >= 15 is 0 Å². The Balaban J connectivity index is 1.66. The topological polar surface area (TPSA) is 60.8 Å². The normalized spacial score (nSPS) is 14.8. The monoisotopic (exact) mass is 332 g/mol. The molecule has 2 aromatic heterocycles. The SMILES string of the molecule is FC(F)(F)c1ncc2c(Oc3ncc(C4CC4)cn3)cccc2n1. The van der Waals surface area contributed by atoms with Crippen LogP contribution in [0.1, 0.15) is 30.1 Å². The fourth-order valence-electron chi connectivity index (χ4n) is 2.36. The molecule has 0 unspecified atom stereocenters. The zero-order valence-corrected chi connectivity index (χ0v) is 12.3. The van der Waals surface area contributed by atoms with Crippen LogP contribution in [0.3, 0.4) is 0 Å². The maximum Gasteiger partial charge on any atom is 0.451 e. The second-order valence-electron chi connectivity index (χ2n) is 5.56. The van der Waals surface area contributed by atoms with Crippen LogP contribution in [0.25, 0.3) is 10.9 Å². The highest BCUT2D eigenvalue weighted by Crippen LogP contribution is 2.39. The van der Waals surface area contributed by atoms with Gasteiger partial charge in [0.2, 0.25) is 5.82 Å².